The number of benzene rings is 1. The van der Waals surface area contributed by atoms with Crippen molar-refractivity contribution in [2.75, 3.05) is 20.1 Å². The van der Waals surface area contributed by atoms with E-state index in [-0.39, 0.29) is 0 Å². The van der Waals surface area contributed by atoms with E-state index in [1.807, 2.05) is 6.07 Å². The molecule has 4 nitrogen and oxygen atoms in total. The molecule has 1 aromatic rings. The molecule has 0 aromatic heterocycles. The van der Waals surface area contributed by atoms with Crippen LogP contribution in [0.1, 0.15) is 35.2 Å². The maximum Gasteiger partial charge on any atom is 0.248 e. The molecule has 1 unspecified atom stereocenters. The van der Waals surface area contributed by atoms with Gasteiger partial charge < -0.3 is 16.0 Å². The lowest BCUT2D eigenvalue weighted by Gasteiger charge is -2.32. The first-order valence-corrected chi connectivity index (χ1v) is 7.45. The average molecular weight is 296 g/mol. The van der Waals surface area contributed by atoms with Crippen molar-refractivity contribution in [1.82, 2.24) is 10.2 Å². The first kappa shape index (κ1) is 15.3. The normalized spacial score (nSPS) is 20.0. The molecule has 0 aliphatic carbocycles. The first-order valence-electron chi connectivity index (χ1n) is 7.07. The van der Waals surface area contributed by atoms with Crippen LogP contribution in [-0.4, -0.2) is 37.0 Å². The molecule has 0 radical (unpaired) electrons. The van der Waals surface area contributed by atoms with E-state index >= 15 is 0 Å². The molecule has 110 valence electrons. The molecule has 20 heavy (non-hydrogen) atoms. The number of carbonyl (C=O) groups is 1. The summed E-state index contributed by atoms with van der Waals surface area (Å²) < 4.78 is 0. The van der Waals surface area contributed by atoms with Crippen LogP contribution in [0.25, 0.3) is 0 Å². The quantitative estimate of drug-likeness (QED) is 0.874. The third-order valence-corrected chi connectivity index (χ3v) is 4.31. The second-order valence-electron chi connectivity index (χ2n) is 5.43. The molecule has 0 saturated carbocycles. The van der Waals surface area contributed by atoms with Crippen molar-refractivity contribution < 1.29 is 4.79 Å². The number of hydrogen-bond acceptors (Lipinski definition) is 3. The summed E-state index contributed by atoms with van der Waals surface area (Å²) in [5.74, 6) is -0.449. The standard InChI is InChI=1S/C15H22ClN3O/c1-19-7-3-2-4-13(19)10-18-9-12-6-5-11(15(17)20)8-14(12)16/h5-6,8,13,18H,2-4,7,9-10H2,1H3,(H2,17,20). The smallest absolute Gasteiger partial charge is 0.248 e. The molecule has 0 spiro atoms. The average Bonchev–Trinajstić information content (AvgIpc) is 2.42. The zero-order chi connectivity index (χ0) is 14.5. The highest BCUT2D eigenvalue weighted by atomic mass is 35.5. The van der Waals surface area contributed by atoms with Crippen molar-refractivity contribution in [3.8, 4) is 0 Å². The maximum atomic E-state index is 11.1. The molecule has 1 fully saturated rings. The number of halogens is 1. The first-order chi connectivity index (χ1) is 9.58. The van der Waals surface area contributed by atoms with Gasteiger partial charge in [0.15, 0.2) is 0 Å². The molecule has 0 bridgehead atoms. The molecule has 1 amide bonds. The molecule has 5 heteroatoms. The Bertz CT molecular complexity index is 478. The van der Waals surface area contributed by atoms with E-state index in [0.717, 1.165) is 12.1 Å². The van der Waals surface area contributed by atoms with E-state index < -0.39 is 5.91 Å². The second-order valence-corrected chi connectivity index (χ2v) is 5.84. The molecular formula is C15H22ClN3O. The van der Waals surface area contributed by atoms with Crippen LogP contribution >= 0.6 is 11.6 Å². The topological polar surface area (TPSA) is 58.4 Å². The molecule has 2 rings (SSSR count). The minimum Gasteiger partial charge on any atom is -0.366 e. The molecule has 1 heterocycles. The molecule has 3 N–H and O–H groups in total. The Labute approximate surface area is 125 Å². The van der Waals surface area contributed by atoms with Crippen LogP contribution in [0.5, 0.6) is 0 Å². The van der Waals surface area contributed by atoms with E-state index in [9.17, 15) is 4.79 Å². The van der Waals surface area contributed by atoms with Crippen LogP contribution in [0, 0.1) is 0 Å². The minimum absolute atomic E-state index is 0.449. The van der Waals surface area contributed by atoms with E-state index in [4.69, 9.17) is 17.3 Å². The number of likely N-dealkylation sites (tertiary alicyclic amines) is 1. The Hall–Kier alpha value is -1.10. The zero-order valence-electron chi connectivity index (χ0n) is 11.9. The number of primary amides is 1. The fraction of sp³-hybridized carbons (Fsp3) is 0.533. The summed E-state index contributed by atoms with van der Waals surface area (Å²) in [6.07, 6.45) is 3.86. The van der Waals surface area contributed by atoms with Gasteiger partial charge in [0.1, 0.15) is 0 Å². The molecule has 1 saturated heterocycles. The summed E-state index contributed by atoms with van der Waals surface area (Å²) >= 11 is 6.17. The number of rotatable bonds is 5. The lowest BCUT2D eigenvalue weighted by molar-refractivity contribution is 0.100. The number of nitrogens with one attached hydrogen (secondary N) is 1. The highest BCUT2D eigenvalue weighted by Crippen LogP contribution is 2.18. The van der Waals surface area contributed by atoms with Gasteiger partial charge in [0, 0.05) is 29.7 Å². The van der Waals surface area contributed by atoms with Gasteiger partial charge in [-0.05, 0) is 44.1 Å². The van der Waals surface area contributed by atoms with Crippen LogP contribution < -0.4 is 11.1 Å². The number of nitrogens with zero attached hydrogens (tertiary/aromatic N) is 1. The number of likely N-dealkylation sites (N-methyl/N-ethyl adjacent to an activating group) is 1. The van der Waals surface area contributed by atoms with Gasteiger partial charge in [-0.1, -0.05) is 24.1 Å². The molecular weight excluding hydrogens is 274 g/mol. The second kappa shape index (κ2) is 7.07. The van der Waals surface area contributed by atoms with Crippen molar-refractivity contribution >= 4 is 17.5 Å². The third kappa shape index (κ3) is 3.95. The molecule has 1 aliphatic heterocycles. The monoisotopic (exact) mass is 295 g/mol. The van der Waals surface area contributed by atoms with E-state index in [2.05, 4.69) is 17.3 Å². The van der Waals surface area contributed by atoms with Crippen molar-refractivity contribution in [1.29, 1.82) is 0 Å². The minimum atomic E-state index is -0.449. The van der Waals surface area contributed by atoms with E-state index in [1.165, 1.54) is 25.8 Å². The van der Waals surface area contributed by atoms with Crippen LogP contribution in [-0.2, 0) is 6.54 Å². The number of amides is 1. The Kier molecular flexibility index (Phi) is 5.40. The highest BCUT2D eigenvalue weighted by Gasteiger charge is 2.18. The van der Waals surface area contributed by atoms with E-state index in [1.54, 1.807) is 12.1 Å². The maximum absolute atomic E-state index is 11.1. The predicted molar refractivity (Wildman–Crippen MR) is 81.9 cm³/mol. The number of hydrogen-bond donors (Lipinski definition) is 2. The van der Waals surface area contributed by atoms with Gasteiger partial charge in [0.05, 0.1) is 0 Å². The summed E-state index contributed by atoms with van der Waals surface area (Å²) in [6, 6.07) is 5.82. The van der Waals surface area contributed by atoms with Gasteiger partial charge in [0.25, 0.3) is 0 Å². The van der Waals surface area contributed by atoms with Gasteiger partial charge in [-0.25, -0.2) is 0 Å². The summed E-state index contributed by atoms with van der Waals surface area (Å²) in [5, 5.41) is 4.04. The van der Waals surface area contributed by atoms with Gasteiger partial charge in [-0.3, -0.25) is 4.79 Å². The molecule has 1 aliphatic rings. The Morgan fingerprint density at radius 2 is 2.30 bits per heavy atom. The third-order valence-electron chi connectivity index (χ3n) is 3.95. The lowest BCUT2D eigenvalue weighted by Crippen LogP contribution is -2.42. The summed E-state index contributed by atoms with van der Waals surface area (Å²) in [5.41, 5.74) is 6.67. The van der Waals surface area contributed by atoms with Gasteiger partial charge >= 0.3 is 0 Å². The zero-order valence-corrected chi connectivity index (χ0v) is 12.6. The Balaban J connectivity index is 1.86. The fourth-order valence-corrected chi connectivity index (χ4v) is 2.87. The van der Waals surface area contributed by atoms with Crippen molar-refractivity contribution in [3.05, 3.63) is 34.3 Å². The SMILES string of the molecule is CN1CCCCC1CNCc1ccc(C(N)=O)cc1Cl. The van der Waals surface area contributed by atoms with Crippen molar-refractivity contribution in [2.45, 2.75) is 31.8 Å². The highest BCUT2D eigenvalue weighted by molar-refractivity contribution is 6.31. The largest absolute Gasteiger partial charge is 0.366 e. The Morgan fingerprint density at radius 1 is 1.50 bits per heavy atom. The number of piperidine rings is 1. The van der Waals surface area contributed by atoms with Gasteiger partial charge in [0.2, 0.25) is 5.91 Å². The van der Waals surface area contributed by atoms with Crippen LogP contribution in [0.2, 0.25) is 5.02 Å². The van der Waals surface area contributed by atoms with Gasteiger partial charge in [-0.2, -0.15) is 0 Å². The van der Waals surface area contributed by atoms with Crippen LogP contribution in [0.15, 0.2) is 18.2 Å². The van der Waals surface area contributed by atoms with Crippen LogP contribution in [0.4, 0.5) is 0 Å². The number of nitrogens with two attached hydrogens (primary N) is 1. The van der Waals surface area contributed by atoms with Crippen LogP contribution in [0.3, 0.4) is 0 Å². The fourth-order valence-electron chi connectivity index (χ4n) is 2.62. The lowest BCUT2D eigenvalue weighted by atomic mass is 10.0. The summed E-state index contributed by atoms with van der Waals surface area (Å²) in [4.78, 5) is 13.5. The predicted octanol–water partition coefficient (Wildman–Crippen LogP) is 2.01. The molecule has 1 atom stereocenters. The summed E-state index contributed by atoms with van der Waals surface area (Å²) in [7, 11) is 2.18. The Morgan fingerprint density at radius 3 is 2.95 bits per heavy atom. The van der Waals surface area contributed by atoms with Crippen molar-refractivity contribution in [3.63, 3.8) is 0 Å². The summed E-state index contributed by atoms with van der Waals surface area (Å²) in [6.45, 7) is 2.85. The van der Waals surface area contributed by atoms with Crippen molar-refractivity contribution in [2.24, 2.45) is 5.73 Å². The van der Waals surface area contributed by atoms with Gasteiger partial charge in [-0.15, -0.1) is 0 Å². The molecule has 1 aromatic carbocycles. The van der Waals surface area contributed by atoms with E-state index in [0.29, 0.717) is 23.2 Å². The number of carbonyl (C=O) groups excluding carboxylic acids is 1.